The fraction of sp³-hybridized carbons (Fsp3) is 0.500. The van der Waals surface area contributed by atoms with Gasteiger partial charge in [0.05, 0.1) is 17.6 Å². The van der Waals surface area contributed by atoms with Crippen LogP contribution in [-0.2, 0) is 11.3 Å². The number of piperidine rings is 1. The monoisotopic (exact) mass is 444 g/mol. The molecule has 1 amide bonds. The van der Waals surface area contributed by atoms with Crippen LogP contribution in [0.4, 0.5) is 5.95 Å². The maximum atomic E-state index is 13.0. The predicted octanol–water partition coefficient (Wildman–Crippen LogP) is 5.30. The number of benzene rings is 2. The number of carbonyl (C=O) groups is 1. The zero-order valence-electron chi connectivity index (χ0n) is 20.0. The van der Waals surface area contributed by atoms with E-state index in [1.54, 1.807) is 0 Å². The molecular weight excluding hydrogens is 408 g/mol. The zero-order chi connectivity index (χ0) is 22.8. The van der Waals surface area contributed by atoms with Gasteiger partial charge in [-0.3, -0.25) is 4.79 Å². The Labute approximate surface area is 197 Å². The number of nitrogens with one attached hydrogen (secondary N) is 1. The number of imidazole rings is 1. The molecule has 2 aromatic carbocycles. The number of fused-ring (bicyclic) bond motifs is 1. The third-order valence-electron chi connectivity index (χ3n) is 7.68. The Kier molecular flexibility index (Phi) is 6.39. The number of amides is 1. The van der Waals surface area contributed by atoms with Crippen molar-refractivity contribution in [3.05, 3.63) is 59.7 Å². The number of rotatable bonds is 5. The summed E-state index contributed by atoms with van der Waals surface area (Å²) in [6.07, 6.45) is 6.69. The topological polar surface area (TPSA) is 50.2 Å². The molecule has 1 N–H and O–H groups in total. The Balaban J connectivity index is 1.30. The highest BCUT2D eigenvalue weighted by Crippen LogP contribution is 2.29. The summed E-state index contributed by atoms with van der Waals surface area (Å²) in [6, 6.07) is 17.5. The Morgan fingerprint density at radius 1 is 1.00 bits per heavy atom. The molecule has 5 nitrogen and oxygen atoms in total. The minimum Gasteiger partial charge on any atom is -0.353 e. The number of hydrogen-bond acceptors (Lipinski definition) is 3. The molecule has 2 heterocycles. The SMILES string of the molecule is Cc1ccc(Cn2c(N3CCC(C(=O)N[C@@H]4CCCC[C@H]4C)CC3)nc3ccccc32)cc1. The van der Waals surface area contributed by atoms with Crippen LogP contribution in [0.25, 0.3) is 11.0 Å². The summed E-state index contributed by atoms with van der Waals surface area (Å²) in [5.41, 5.74) is 4.75. The van der Waals surface area contributed by atoms with Crippen LogP contribution in [0.2, 0.25) is 0 Å². The summed E-state index contributed by atoms with van der Waals surface area (Å²) in [4.78, 5) is 20.4. The number of nitrogens with zero attached hydrogens (tertiary/aromatic N) is 3. The molecule has 2 aliphatic rings. The summed E-state index contributed by atoms with van der Waals surface area (Å²) < 4.78 is 2.34. The normalized spacial score (nSPS) is 21.9. The van der Waals surface area contributed by atoms with Gasteiger partial charge in [0.1, 0.15) is 0 Å². The molecule has 1 aliphatic heterocycles. The number of aromatic nitrogens is 2. The van der Waals surface area contributed by atoms with Crippen LogP contribution >= 0.6 is 0 Å². The van der Waals surface area contributed by atoms with Gasteiger partial charge in [0.25, 0.3) is 0 Å². The molecule has 5 heteroatoms. The van der Waals surface area contributed by atoms with E-state index < -0.39 is 0 Å². The van der Waals surface area contributed by atoms with Gasteiger partial charge in [-0.25, -0.2) is 4.98 Å². The van der Waals surface area contributed by atoms with E-state index in [9.17, 15) is 4.79 Å². The van der Waals surface area contributed by atoms with E-state index in [1.807, 2.05) is 0 Å². The highest BCUT2D eigenvalue weighted by Gasteiger charge is 2.30. The molecule has 0 unspecified atom stereocenters. The quantitative estimate of drug-likeness (QED) is 0.581. The number of anilines is 1. The number of carbonyl (C=O) groups excluding carboxylic acids is 1. The molecule has 0 bridgehead atoms. The average molecular weight is 445 g/mol. The molecular formula is C28H36N4O. The van der Waals surface area contributed by atoms with Gasteiger partial charge in [0.2, 0.25) is 11.9 Å². The van der Waals surface area contributed by atoms with Gasteiger partial charge in [-0.1, -0.05) is 61.7 Å². The van der Waals surface area contributed by atoms with E-state index in [0.717, 1.165) is 50.4 Å². The second kappa shape index (κ2) is 9.58. The van der Waals surface area contributed by atoms with Crippen molar-refractivity contribution >= 4 is 22.9 Å². The highest BCUT2D eigenvalue weighted by atomic mass is 16.2. The van der Waals surface area contributed by atoms with Gasteiger partial charge in [-0.2, -0.15) is 0 Å². The van der Waals surface area contributed by atoms with Crippen LogP contribution in [-0.4, -0.2) is 34.6 Å². The zero-order valence-corrected chi connectivity index (χ0v) is 20.0. The van der Waals surface area contributed by atoms with Gasteiger partial charge in [0.15, 0.2) is 0 Å². The molecule has 33 heavy (non-hydrogen) atoms. The van der Waals surface area contributed by atoms with Gasteiger partial charge >= 0.3 is 0 Å². The minimum absolute atomic E-state index is 0.116. The molecule has 2 atom stereocenters. The third kappa shape index (κ3) is 4.78. The summed E-state index contributed by atoms with van der Waals surface area (Å²) >= 11 is 0. The number of para-hydroxylation sites is 2. The van der Waals surface area contributed by atoms with Crippen LogP contribution in [0, 0.1) is 18.8 Å². The van der Waals surface area contributed by atoms with Crippen molar-refractivity contribution in [2.75, 3.05) is 18.0 Å². The van der Waals surface area contributed by atoms with Crippen molar-refractivity contribution in [1.82, 2.24) is 14.9 Å². The van der Waals surface area contributed by atoms with Crippen LogP contribution in [0.1, 0.15) is 56.6 Å². The summed E-state index contributed by atoms with van der Waals surface area (Å²) in [6.45, 7) is 6.95. The van der Waals surface area contributed by atoms with E-state index in [-0.39, 0.29) is 11.8 Å². The van der Waals surface area contributed by atoms with E-state index in [4.69, 9.17) is 4.98 Å². The van der Waals surface area contributed by atoms with Crippen LogP contribution in [0.3, 0.4) is 0 Å². The Morgan fingerprint density at radius 2 is 1.73 bits per heavy atom. The highest BCUT2D eigenvalue weighted by molar-refractivity contribution is 5.80. The standard InChI is InChI=1S/C28H36N4O/c1-20-11-13-22(14-12-20)19-32-26-10-6-5-9-25(26)30-28(32)31-17-15-23(16-18-31)27(33)29-24-8-4-3-7-21(24)2/h5-6,9-14,21,23-24H,3-4,7-8,15-19H2,1-2H3,(H,29,33)/t21-,24-/m1/s1. The Hall–Kier alpha value is -2.82. The molecule has 0 spiro atoms. The molecule has 1 saturated carbocycles. The van der Waals surface area contributed by atoms with Crippen molar-refractivity contribution in [2.24, 2.45) is 11.8 Å². The minimum atomic E-state index is 0.116. The lowest BCUT2D eigenvalue weighted by Gasteiger charge is -2.35. The van der Waals surface area contributed by atoms with Crippen molar-refractivity contribution in [3.63, 3.8) is 0 Å². The maximum absolute atomic E-state index is 13.0. The van der Waals surface area contributed by atoms with Crippen LogP contribution in [0.5, 0.6) is 0 Å². The smallest absolute Gasteiger partial charge is 0.223 e. The third-order valence-corrected chi connectivity index (χ3v) is 7.68. The van der Waals surface area contributed by atoms with Gasteiger partial charge in [0, 0.05) is 25.0 Å². The number of hydrogen-bond donors (Lipinski definition) is 1. The first-order valence-corrected chi connectivity index (χ1v) is 12.6. The van der Waals surface area contributed by atoms with E-state index in [2.05, 4.69) is 77.2 Å². The molecule has 1 aliphatic carbocycles. The lowest BCUT2D eigenvalue weighted by Crippen LogP contribution is -2.47. The van der Waals surface area contributed by atoms with Crippen LogP contribution in [0.15, 0.2) is 48.5 Å². The molecule has 2 fully saturated rings. The lowest BCUT2D eigenvalue weighted by atomic mass is 9.85. The van der Waals surface area contributed by atoms with Crippen molar-refractivity contribution < 1.29 is 4.79 Å². The second-order valence-electron chi connectivity index (χ2n) is 10.1. The predicted molar refractivity (Wildman–Crippen MR) is 135 cm³/mol. The first-order chi connectivity index (χ1) is 16.1. The molecule has 174 valence electrons. The summed E-state index contributed by atoms with van der Waals surface area (Å²) in [5.74, 6) is 2.01. The van der Waals surface area contributed by atoms with Crippen molar-refractivity contribution in [2.45, 2.75) is 65.0 Å². The largest absolute Gasteiger partial charge is 0.353 e. The Morgan fingerprint density at radius 3 is 2.48 bits per heavy atom. The fourth-order valence-electron chi connectivity index (χ4n) is 5.51. The average Bonchev–Trinajstić information content (AvgIpc) is 3.20. The second-order valence-corrected chi connectivity index (χ2v) is 10.1. The summed E-state index contributed by atoms with van der Waals surface area (Å²) in [5, 5.41) is 3.38. The van der Waals surface area contributed by atoms with Gasteiger partial charge in [-0.15, -0.1) is 0 Å². The maximum Gasteiger partial charge on any atom is 0.223 e. The van der Waals surface area contributed by atoms with Crippen molar-refractivity contribution in [1.29, 1.82) is 0 Å². The fourth-order valence-corrected chi connectivity index (χ4v) is 5.51. The molecule has 5 rings (SSSR count). The van der Waals surface area contributed by atoms with Crippen molar-refractivity contribution in [3.8, 4) is 0 Å². The van der Waals surface area contributed by atoms with E-state index in [0.29, 0.717) is 12.0 Å². The molecule has 3 aromatic rings. The summed E-state index contributed by atoms with van der Waals surface area (Å²) in [7, 11) is 0. The van der Waals surface area contributed by atoms with Gasteiger partial charge < -0.3 is 14.8 Å². The number of aryl methyl sites for hydroxylation is 1. The first kappa shape index (κ1) is 22.0. The van der Waals surface area contributed by atoms with E-state index in [1.165, 1.54) is 35.9 Å². The van der Waals surface area contributed by atoms with Gasteiger partial charge in [-0.05, 0) is 56.2 Å². The molecule has 1 saturated heterocycles. The first-order valence-electron chi connectivity index (χ1n) is 12.6. The Bertz CT molecular complexity index is 1090. The lowest BCUT2D eigenvalue weighted by molar-refractivity contribution is -0.126. The molecule has 0 radical (unpaired) electrons. The molecule has 1 aromatic heterocycles. The van der Waals surface area contributed by atoms with E-state index >= 15 is 0 Å². The van der Waals surface area contributed by atoms with Crippen LogP contribution < -0.4 is 10.2 Å².